The fourth-order valence-electron chi connectivity index (χ4n) is 3.38. The van der Waals surface area contributed by atoms with Gasteiger partial charge in [-0.2, -0.15) is 0 Å². The highest BCUT2D eigenvalue weighted by molar-refractivity contribution is 9.10. The summed E-state index contributed by atoms with van der Waals surface area (Å²) < 4.78 is 13.7. The van der Waals surface area contributed by atoms with Gasteiger partial charge in [-0.3, -0.25) is 9.59 Å². The van der Waals surface area contributed by atoms with E-state index >= 15 is 0 Å². The van der Waals surface area contributed by atoms with Crippen LogP contribution in [-0.2, 0) is 16.0 Å². The van der Waals surface area contributed by atoms with Crippen molar-refractivity contribution in [3.05, 3.63) is 34.1 Å². The monoisotopic (exact) mass is 397 g/mol. The van der Waals surface area contributed by atoms with Gasteiger partial charge < -0.3 is 15.1 Å². The fourth-order valence-corrected chi connectivity index (χ4v) is 3.81. The smallest absolute Gasteiger partial charge is 0.236 e. The average Bonchev–Trinajstić information content (AvgIpc) is 2.59. The Bertz CT molecular complexity index is 640. The summed E-state index contributed by atoms with van der Waals surface area (Å²) in [6.45, 7) is 3.20. The van der Waals surface area contributed by atoms with Gasteiger partial charge >= 0.3 is 0 Å². The Morgan fingerprint density at radius 2 is 2.21 bits per heavy atom. The predicted molar refractivity (Wildman–Crippen MR) is 92.0 cm³/mol. The van der Waals surface area contributed by atoms with Crippen LogP contribution >= 0.6 is 15.9 Å². The van der Waals surface area contributed by atoms with E-state index in [1.54, 1.807) is 12.1 Å². The van der Waals surface area contributed by atoms with Gasteiger partial charge in [-0.25, -0.2) is 4.39 Å². The van der Waals surface area contributed by atoms with Crippen LogP contribution in [0.4, 0.5) is 4.39 Å². The standard InChI is InChI=1S/C17H21BrFN3O2/c18-14-8-12(3-4-15(14)19)9-16(23)21-6-1-2-13(11-21)22-7-5-20-10-17(22)24/h3-4,8,13,20H,1-2,5-7,9-11H2. The van der Waals surface area contributed by atoms with E-state index in [1.165, 1.54) is 6.07 Å². The minimum atomic E-state index is -0.332. The lowest BCUT2D eigenvalue weighted by Crippen LogP contribution is -2.57. The van der Waals surface area contributed by atoms with Crippen molar-refractivity contribution in [2.24, 2.45) is 0 Å². The number of carbonyl (C=O) groups excluding carboxylic acids is 2. The SMILES string of the molecule is O=C(Cc1ccc(F)c(Br)c1)N1CCCC(N2CCNCC2=O)C1. The van der Waals surface area contributed by atoms with Crippen LogP contribution < -0.4 is 5.32 Å². The number of nitrogens with zero attached hydrogens (tertiary/aromatic N) is 2. The number of likely N-dealkylation sites (tertiary alicyclic amines) is 1. The van der Waals surface area contributed by atoms with E-state index in [0.717, 1.165) is 31.5 Å². The topological polar surface area (TPSA) is 52.7 Å². The first-order chi connectivity index (χ1) is 11.5. The molecule has 2 heterocycles. The van der Waals surface area contributed by atoms with E-state index in [2.05, 4.69) is 21.2 Å². The first kappa shape index (κ1) is 17.4. The highest BCUT2D eigenvalue weighted by Crippen LogP contribution is 2.20. The summed E-state index contributed by atoms with van der Waals surface area (Å²) in [4.78, 5) is 28.4. The summed E-state index contributed by atoms with van der Waals surface area (Å²) >= 11 is 3.15. The second-order valence-corrected chi connectivity index (χ2v) is 7.18. The van der Waals surface area contributed by atoms with Crippen LogP contribution in [0.15, 0.2) is 22.7 Å². The third-order valence-electron chi connectivity index (χ3n) is 4.66. The number of hydrogen-bond donors (Lipinski definition) is 1. The Morgan fingerprint density at radius 1 is 1.38 bits per heavy atom. The van der Waals surface area contributed by atoms with Crippen LogP contribution in [0.2, 0.25) is 0 Å². The van der Waals surface area contributed by atoms with E-state index in [0.29, 0.717) is 24.1 Å². The maximum absolute atomic E-state index is 13.3. The number of piperazine rings is 1. The lowest BCUT2D eigenvalue weighted by atomic mass is 10.0. The fraction of sp³-hybridized carbons (Fsp3) is 0.529. The van der Waals surface area contributed by atoms with Crippen LogP contribution in [0.1, 0.15) is 18.4 Å². The van der Waals surface area contributed by atoms with E-state index in [9.17, 15) is 14.0 Å². The molecule has 24 heavy (non-hydrogen) atoms. The third kappa shape index (κ3) is 3.95. The zero-order valence-electron chi connectivity index (χ0n) is 13.4. The van der Waals surface area contributed by atoms with Crippen LogP contribution in [-0.4, -0.2) is 60.4 Å². The van der Waals surface area contributed by atoms with E-state index in [1.807, 2.05) is 9.80 Å². The van der Waals surface area contributed by atoms with Gasteiger partial charge in [0.15, 0.2) is 0 Å². The third-order valence-corrected chi connectivity index (χ3v) is 5.26. The van der Waals surface area contributed by atoms with Crippen LogP contribution in [0.25, 0.3) is 0 Å². The molecule has 0 saturated carbocycles. The van der Waals surface area contributed by atoms with Crippen molar-refractivity contribution in [2.45, 2.75) is 25.3 Å². The molecule has 2 aliphatic heterocycles. The van der Waals surface area contributed by atoms with Crippen LogP contribution in [0.3, 0.4) is 0 Å². The molecule has 2 saturated heterocycles. The summed E-state index contributed by atoms with van der Waals surface area (Å²) in [5.74, 6) is -0.190. The summed E-state index contributed by atoms with van der Waals surface area (Å²) in [5, 5.41) is 3.07. The number of hydrogen-bond acceptors (Lipinski definition) is 3. The molecule has 2 fully saturated rings. The Hall–Kier alpha value is -1.47. The van der Waals surface area contributed by atoms with E-state index < -0.39 is 0 Å². The Labute approximate surface area is 149 Å². The molecule has 0 radical (unpaired) electrons. The van der Waals surface area contributed by atoms with E-state index in [4.69, 9.17) is 0 Å². The number of piperidine rings is 1. The number of rotatable bonds is 3. The molecular formula is C17H21BrFN3O2. The molecule has 0 spiro atoms. The molecule has 1 aromatic carbocycles. The first-order valence-electron chi connectivity index (χ1n) is 8.26. The largest absolute Gasteiger partial charge is 0.340 e. The molecule has 1 N–H and O–H groups in total. The second-order valence-electron chi connectivity index (χ2n) is 6.32. The molecule has 5 nitrogen and oxygen atoms in total. The number of carbonyl (C=O) groups is 2. The maximum atomic E-state index is 13.3. The number of halogens is 2. The minimum Gasteiger partial charge on any atom is -0.340 e. The quantitative estimate of drug-likeness (QED) is 0.841. The molecule has 0 bridgehead atoms. The second kappa shape index (κ2) is 7.61. The normalized spacial score (nSPS) is 21.9. The van der Waals surface area contributed by atoms with Gasteiger partial charge in [0.1, 0.15) is 5.82 Å². The van der Waals surface area contributed by atoms with Crippen LogP contribution in [0, 0.1) is 5.82 Å². The molecule has 7 heteroatoms. The van der Waals surface area contributed by atoms with Gasteiger partial charge in [0, 0.05) is 32.2 Å². The summed E-state index contributed by atoms with van der Waals surface area (Å²) in [6, 6.07) is 4.76. The lowest BCUT2D eigenvalue weighted by molar-refractivity contribution is -0.140. The summed E-state index contributed by atoms with van der Waals surface area (Å²) in [6.07, 6.45) is 2.10. The lowest BCUT2D eigenvalue weighted by Gasteiger charge is -2.41. The van der Waals surface area contributed by atoms with Crippen molar-refractivity contribution >= 4 is 27.7 Å². The Balaban J connectivity index is 1.62. The number of benzene rings is 1. The molecule has 1 unspecified atom stereocenters. The Morgan fingerprint density at radius 3 is 2.96 bits per heavy atom. The van der Waals surface area contributed by atoms with Gasteiger partial charge in [-0.1, -0.05) is 6.07 Å². The molecule has 2 amide bonds. The van der Waals surface area contributed by atoms with E-state index in [-0.39, 0.29) is 30.1 Å². The summed E-state index contributed by atoms with van der Waals surface area (Å²) in [7, 11) is 0. The first-order valence-corrected chi connectivity index (χ1v) is 9.06. The maximum Gasteiger partial charge on any atom is 0.236 e. The minimum absolute atomic E-state index is 0.0285. The molecule has 0 aromatic heterocycles. The predicted octanol–water partition coefficient (Wildman–Crippen LogP) is 1.55. The van der Waals surface area contributed by atoms with Gasteiger partial charge in [0.05, 0.1) is 17.4 Å². The van der Waals surface area contributed by atoms with Crippen LogP contribution in [0.5, 0.6) is 0 Å². The number of amides is 2. The Kier molecular flexibility index (Phi) is 5.50. The van der Waals surface area contributed by atoms with Gasteiger partial charge in [0.2, 0.25) is 11.8 Å². The van der Waals surface area contributed by atoms with Gasteiger partial charge in [-0.05, 0) is 46.5 Å². The molecule has 0 aliphatic carbocycles. The molecular weight excluding hydrogens is 377 g/mol. The van der Waals surface area contributed by atoms with Crippen molar-refractivity contribution in [2.75, 3.05) is 32.7 Å². The van der Waals surface area contributed by atoms with Crippen molar-refractivity contribution < 1.29 is 14.0 Å². The number of nitrogens with one attached hydrogen (secondary N) is 1. The average molecular weight is 398 g/mol. The summed E-state index contributed by atoms with van der Waals surface area (Å²) in [5.41, 5.74) is 0.786. The zero-order valence-corrected chi connectivity index (χ0v) is 15.0. The van der Waals surface area contributed by atoms with Crippen molar-refractivity contribution in [3.63, 3.8) is 0 Å². The van der Waals surface area contributed by atoms with Crippen molar-refractivity contribution in [1.82, 2.24) is 15.1 Å². The molecule has 1 aromatic rings. The molecule has 1 atom stereocenters. The zero-order chi connectivity index (χ0) is 17.1. The molecule has 2 aliphatic rings. The van der Waals surface area contributed by atoms with Gasteiger partial charge in [-0.15, -0.1) is 0 Å². The molecule has 3 rings (SSSR count). The molecule has 130 valence electrons. The van der Waals surface area contributed by atoms with Crippen molar-refractivity contribution in [3.8, 4) is 0 Å². The highest BCUT2D eigenvalue weighted by atomic mass is 79.9. The van der Waals surface area contributed by atoms with Gasteiger partial charge in [0.25, 0.3) is 0 Å². The highest BCUT2D eigenvalue weighted by Gasteiger charge is 2.31. The van der Waals surface area contributed by atoms with Crippen molar-refractivity contribution in [1.29, 1.82) is 0 Å².